The summed E-state index contributed by atoms with van der Waals surface area (Å²) >= 11 is 0. The Hall–Kier alpha value is -3.87. The summed E-state index contributed by atoms with van der Waals surface area (Å²) < 4.78 is 41.5. The van der Waals surface area contributed by atoms with Gasteiger partial charge < -0.3 is 27.9 Å². The highest BCUT2D eigenvalue weighted by molar-refractivity contribution is 5.96. The number of anilines is 2. The van der Waals surface area contributed by atoms with Crippen LogP contribution in [0.1, 0.15) is 16.7 Å². The average molecular weight is 420 g/mol. The number of nitrogens with two attached hydrogens (primary N) is 3. The minimum absolute atomic E-state index is 0.0413. The summed E-state index contributed by atoms with van der Waals surface area (Å²) in [6, 6.07) is 3.28. The Balaban J connectivity index is 2.24. The third kappa shape index (κ3) is 3.45. The number of nitrogen functional groups attached to an aromatic ring is 1. The molecule has 3 rings (SSSR count). The smallest absolute Gasteiger partial charge is 0.399 e. The average Bonchev–Trinajstić information content (AvgIpc) is 3.30. The lowest BCUT2D eigenvalue weighted by atomic mass is 10.00. The van der Waals surface area contributed by atoms with Crippen molar-refractivity contribution in [3.05, 3.63) is 35.4 Å². The molecule has 1 aromatic carbocycles. The van der Waals surface area contributed by atoms with Gasteiger partial charge in [0.25, 0.3) is 0 Å². The first-order valence-electron chi connectivity index (χ1n) is 8.50. The molecule has 0 saturated carbocycles. The standard InChI is InChI=1S/C17H19F3N10/c1-7(23)8-3-9(10(5-21)11(4-8)25-2)15-26-16(28-27-15)13-12(17(18,19)20)14(24)29-30(13)6-22/h3-5,21,25H,1,6,22-23H2,2H3,(H2,24,29)(H,26,27,28). The lowest BCUT2D eigenvalue weighted by molar-refractivity contribution is -0.136. The van der Waals surface area contributed by atoms with Gasteiger partial charge in [0.05, 0.1) is 6.67 Å². The van der Waals surface area contributed by atoms with Gasteiger partial charge in [-0.2, -0.15) is 23.4 Å². The molecule has 0 aliphatic heterocycles. The molecule has 0 aliphatic carbocycles. The number of aromatic nitrogens is 5. The van der Waals surface area contributed by atoms with E-state index in [2.05, 4.69) is 32.2 Å². The summed E-state index contributed by atoms with van der Waals surface area (Å²) in [6.45, 7) is 3.33. The van der Waals surface area contributed by atoms with Gasteiger partial charge in [-0.15, -0.1) is 0 Å². The van der Waals surface area contributed by atoms with Gasteiger partial charge in [-0.1, -0.05) is 6.58 Å². The van der Waals surface area contributed by atoms with Crippen LogP contribution in [-0.4, -0.2) is 38.2 Å². The van der Waals surface area contributed by atoms with Crippen LogP contribution in [0.5, 0.6) is 0 Å². The molecule has 0 saturated heterocycles. The van der Waals surface area contributed by atoms with Gasteiger partial charge in [0.2, 0.25) is 0 Å². The van der Waals surface area contributed by atoms with Gasteiger partial charge in [0.1, 0.15) is 11.3 Å². The van der Waals surface area contributed by atoms with E-state index in [4.69, 9.17) is 22.6 Å². The van der Waals surface area contributed by atoms with E-state index >= 15 is 0 Å². The fourth-order valence-electron chi connectivity index (χ4n) is 3.01. The normalized spacial score (nSPS) is 11.5. The second-order valence-electron chi connectivity index (χ2n) is 6.20. The van der Waals surface area contributed by atoms with E-state index in [1.807, 2.05) is 0 Å². The largest absolute Gasteiger partial charge is 0.422 e. The van der Waals surface area contributed by atoms with E-state index in [1.54, 1.807) is 19.2 Å². The minimum atomic E-state index is -4.78. The van der Waals surface area contributed by atoms with Gasteiger partial charge in [-0.3, -0.25) is 5.10 Å². The Kier molecular flexibility index (Phi) is 5.22. The number of halogens is 3. The van der Waals surface area contributed by atoms with Gasteiger partial charge in [0.15, 0.2) is 17.5 Å². The van der Waals surface area contributed by atoms with Crippen LogP contribution in [-0.2, 0) is 12.8 Å². The maximum absolute atomic E-state index is 13.5. The molecule has 0 unspecified atom stereocenters. The summed E-state index contributed by atoms with van der Waals surface area (Å²) in [4.78, 5) is 4.19. The van der Waals surface area contributed by atoms with Gasteiger partial charge >= 0.3 is 6.18 Å². The monoisotopic (exact) mass is 420 g/mol. The summed E-state index contributed by atoms with van der Waals surface area (Å²) in [5.74, 6) is -0.912. The molecule has 3 aromatic rings. The van der Waals surface area contributed by atoms with Crippen molar-refractivity contribution in [2.45, 2.75) is 12.8 Å². The van der Waals surface area contributed by atoms with Crippen LogP contribution >= 0.6 is 0 Å². The van der Waals surface area contributed by atoms with Crippen molar-refractivity contribution in [1.82, 2.24) is 25.0 Å². The van der Waals surface area contributed by atoms with Crippen LogP contribution in [0.2, 0.25) is 0 Å². The van der Waals surface area contributed by atoms with Crippen LogP contribution in [0.15, 0.2) is 18.7 Å². The third-order valence-corrected chi connectivity index (χ3v) is 4.35. The molecule has 0 fully saturated rings. The number of H-pyrrole nitrogens is 1. The van der Waals surface area contributed by atoms with Crippen molar-refractivity contribution in [2.24, 2.45) is 11.5 Å². The highest BCUT2D eigenvalue weighted by Crippen LogP contribution is 2.40. The molecule has 0 aliphatic rings. The highest BCUT2D eigenvalue weighted by atomic mass is 19.4. The number of nitrogens with zero attached hydrogens (tertiary/aromatic N) is 4. The summed E-state index contributed by atoms with van der Waals surface area (Å²) in [5, 5.41) is 20.8. The number of benzene rings is 1. The predicted molar refractivity (Wildman–Crippen MR) is 107 cm³/mol. The molecule has 2 heterocycles. The maximum Gasteiger partial charge on any atom is 0.422 e. The zero-order chi connectivity index (χ0) is 22.2. The molecule has 13 heteroatoms. The van der Waals surface area contributed by atoms with Gasteiger partial charge in [-0.25, -0.2) is 9.67 Å². The second-order valence-corrected chi connectivity index (χ2v) is 6.20. The Morgan fingerprint density at radius 3 is 2.63 bits per heavy atom. The topological polar surface area (TPSA) is 173 Å². The fraction of sp³-hybridized carbons (Fsp3) is 0.176. The number of hydrogen-bond acceptors (Lipinski definition) is 8. The second kappa shape index (κ2) is 7.51. The molecule has 10 nitrogen and oxygen atoms in total. The van der Waals surface area contributed by atoms with Crippen LogP contribution in [0, 0.1) is 5.41 Å². The van der Waals surface area contributed by atoms with Gasteiger partial charge in [0, 0.05) is 35.8 Å². The van der Waals surface area contributed by atoms with Crippen LogP contribution in [0.4, 0.5) is 24.7 Å². The summed E-state index contributed by atoms with van der Waals surface area (Å²) in [5.41, 5.74) is 17.3. The lowest BCUT2D eigenvalue weighted by Crippen LogP contribution is -2.13. The van der Waals surface area contributed by atoms with E-state index in [0.717, 1.165) is 10.9 Å². The van der Waals surface area contributed by atoms with Crippen LogP contribution < -0.4 is 22.5 Å². The zero-order valence-corrected chi connectivity index (χ0v) is 15.8. The Morgan fingerprint density at radius 1 is 1.40 bits per heavy atom. The Bertz CT molecular complexity index is 1130. The molecular weight excluding hydrogens is 401 g/mol. The number of aromatic amines is 1. The molecule has 2 aromatic heterocycles. The highest BCUT2D eigenvalue weighted by Gasteiger charge is 2.41. The van der Waals surface area contributed by atoms with Crippen LogP contribution in [0.3, 0.4) is 0 Å². The zero-order valence-electron chi connectivity index (χ0n) is 15.8. The third-order valence-electron chi connectivity index (χ3n) is 4.35. The molecule has 0 radical (unpaired) electrons. The molecule has 30 heavy (non-hydrogen) atoms. The lowest BCUT2D eigenvalue weighted by Gasteiger charge is -2.12. The fourth-order valence-corrected chi connectivity index (χ4v) is 3.01. The Morgan fingerprint density at radius 2 is 2.10 bits per heavy atom. The molecule has 0 atom stereocenters. The van der Waals surface area contributed by atoms with E-state index in [9.17, 15) is 13.2 Å². The number of alkyl halides is 3. The van der Waals surface area contributed by atoms with Gasteiger partial charge in [-0.05, 0) is 17.7 Å². The predicted octanol–water partition coefficient (Wildman–Crippen LogP) is 1.82. The number of rotatable bonds is 6. The van der Waals surface area contributed by atoms with E-state index in [0.29, 0.717) is 22.4 Å². The minimum Gasteiger partial charge on any atom is -0.399 e. The van der Waals surface area contributed by atoms with E-state index in [-0.39, 0.29) is 24.0 Å². The SMILES string of the molecule is C=C(N)c1cc(NC)c(C=N)c(-c2n[nH]c(-c3c(C(F)(F)F)c(N)nn3CN)n2)c1. The first kappa shape index (κ1) is 20.9. The molecule has 0 bridgehead atoms. The van der Waals surface area contributed by atoms with Crippen molar-refractivity contribution in [1.29, 1.82) is 5.41 Å². The number of nitrogens with one attached hydrogen (secondary N) is 3. The molecular formula is C17H19F3N10. The quantitative estimate of drug-likeness (QED) is 0.330. The molecule has 158 valence electrons. The van der Waals surface area contributed by atoms with Crippen molar-refractivity contribution >= 4 is 23.4 Å². The van der Waals surface area contributed by atoms with Crippen molar-refractivity contribution in [3.8, 4) is 22.9 Å². The summed E-state index contributed by atoms with van der Waals surface area (Å²) in [6.07, 6.45) is -3.71. The van der Waals surface area contributed by atoms with Crippen molar-refractivity contribution < 1.29 is 13.2 Å². The van der Waals surface area contributed by atoms with Crippen molar-refractivity contribution in [3.63, 3.8) is 0 Å². The molecule has 0 amide bonds. The Labute approximate surface area is 168 Å². The molecule has 0 spiro atoms. The first-order chi connectivity index (χ1) is 14.1. The van der Waals surface area contributed by atoms with E-state index in [1.165, 1.54) is 0 Å². The van der Waals surface area contributed by atoms with E-state index < -0.39 is 23.3 Å². The van der Waals surface area contributed by atoms with Crippen molar-refractivity contribution in [2.75, 3.05) is 18.1 Å². The number of hydrogen-bond donors (Lipinski definition) is 6. The maximum atomic E-state index is 13.5. The summed E-state index contributed by atoms with van der Waals surface area (Å²) in [7, 11) is 1.65. The molecule has 9 N–H and O–H groups in total. The first-order valence-corrected chi connectivity index (χ1v) is 8.50. The van der Waals surface area contributed by atoms with Crippen LogP contribution in [0.25, 0.3) is 28.6 Å².